The Bertz CT molecular complexity index is 460. The topological polar surface area (TPSA) is 29.3 Å². The second-order valence-electron chi connectivity index (χ2n) is 6.85. The van der Waals surface area contributed by atoms with Crippen LogP contribution in [0.3, 0.4) is 0 Å². The quantitative estimate of drug-likeness (QED) is 0.878. The summed E-state index contributed by atoms with van der Waals surface area (Å²) < 4.78 is 0. The zero-order valence-electron chi connectivity index (χ0n) is 13.6. The van der Waals surface area contributed by atoms with Crippen LogP contribution >= 0.6 is 11.6 Å². The van der Waals surface area contributed by atoms with E-state index in [1.807, 2.05) is 12.1 Å². The highest BCUT2D eigenvalue weighted by molar-refractivity contribution is 6.31. The molecule has 2 N–H and O–H groups in total. The lowest BCUT2D eigenvalue weighted by atomic mass is 9.67. The van der Waals surface area contributed by atoms with Crippen molar-refractivity contribution in [2.24, 2.45) is 17.6 Å². The lowest BCUT2D eigenvalue weighted by Gasteiger charge is -2.51. The van der Waals surface area contributed by atoms with Gasteiger partial charge in [0, 0.05) is 23.7 Å². The molecule has 0 saturated heterocycles. The number of nitrogens with zero attached hydrogens (tertiary/aromatic N) is 1. The molecule has 0 aliphatic heterocycles. The van der Waals surface area contributed by atoms with Gasteiger partial charge in [0.15, 0.2) is 0 Å². The molecule has 0 amide bonds. The van der Waals surface area contributed by atoms with Gasteiger partial charge < -0.3 is 5.73 Å². The Kier molecular flexibility index (Phi) is 5.70. The monoisotopic (exact) mass is 308 g/mol. The molecule has 0 radical (unpaired) electrons. The number of hydrogen-bond acceptors (Lipinski definition) is 2. The zero-order valence-corrected chi connectivity index (χ0v) is 14.4. The molecule has 1 aliphatic rings. The van der Waals surface area contributed by atoms with E-state index in [1.54, 1.807) is 0 Å². The third kappa shape index (κ3) is 3.44. The summed E-state index contributed by atoms with van der Waals surface area (Å²) in [5.74, 6) is 1.34. The first-order valence-electron chi connectivity index (χ1n) is 8.16. The van der Waals surface area contributed by atoms with Crippen molar-refractivity contribution in [1.29, 1.82) is 0 Å². The molecule has 2 unspecified atom stereocenters. The lowest BCUT2D eigenvalue weighted by molar-refractivity contribution is -0.00182. The Morgan fingerprint density at radius 3 is 2.67 bits per heavy atom. The second kappa shape index (κ2) is 7.13. The molecule has 0 spiro atoms. The Morgan fingerprint density at radius 2 is 2.05 bits per heavy atom. The van der Waals surface area contributed by atoms with Gasteiger partial charge in [-0.1, -0.05) is 56.5 Å². The maximum absolute atomic E-state index is 6.34. The second-order valence-corrected chi connectivity index (χ2v) is 7.26. The summed E-state index contributed by atoms with van der Waals surface area (Å²) in [6.07, 6.45) is 5.12. The highest BCUT2D eigenvalue weighted by Gasteiger charge is 2.44. The summed E-state index contributed by atoms with van der Waals surface area (Å²) in [6.45, 7) is 6.28. The maximum Gasteiger partial charge on any atom is 0.0451 e. The van der Waals surface area contributed by atoms with Crippen molar-refractivity contribution in [1.82, 2.24) is 4.90 Å². The van der Waals surface area contributed by atoms with Crippen LogP contribution in [-0.2, 0) is 6.54 Å². The molecule has 21 heavy (non-hydrogen) atoms. The molecule has 1 saturated carbocycles. The molecule has 1 aromatic rings. The van der Waals surface area contributed by atoms with E-state index in [0.717, 1.165) is 18.1 Å². The number of halogens is 1. The first kappa shape index (κ1) is 16.8. The molecule has 1 aliphatic carbocycles. The van der Waals surface area contributed by atoms with Crippen molar-refractivity contribution in [2.45, 2.75) is 51.6 Å². The number of benzene rings is 1. The van der Waals surface area contributed by atoms with Crippen molar-refractivity contribution < 1.29 is 0 Å². The van der Waals surface area contributed by atoms with E-state index in [9.17, 15) is 0 Å². The van der Waals surface area contributed by atoms with Gasteiger partial charge in [-0.2, -0.15) is 0 Å². The fourth-order valence-electron chi connectivity index (χ4n) is 4.13. The molecule has 1 fully saturated rings. The van der Waals surface area contributed by atoms with Crippen LogP contribution in [0, 0.1) is 11.8 Å². The molecule has 0 aromatic heterocycles. The smallest absolute Gasteiger partial charge is 0.0451 e. The van der Waals surface area contributed by atoms with Crippen LogP contribution < -0.4 is 5.73 Å². The Morgan fingerprint density at radius 1 is 1.33 bits per heavy atom. The number of rotatable bonds is 5. The van der Waals surface area contributed by atoms with Gasteiger partial charge in [0.1, 0.15) is 0 Å². The molecule has 2 atom stereocenters. The minimum Gasteiger partial charge on any atom is -0.329 e. The molecule has 0 bridgehead atoms. The predicted octanol–water partition coefficient (Wildman–Crippen LogP) is 4.32. The van der Waals surface area contributed by atoms with E-state index in [-0.39, 0.29) is 5.54 Å². The summed E-state index contributed by atoms with van der Waals surface area (Å²) in [7, 11) is 2.22. The van der Waals surface area contributed by atoms with Gasteiger partial charge in [0.2, 0.25) is 0 Å². The highest BCUT2D eigenvalue weighted by Crippen LogP contribution is 2.42. The third-order valence-corrected chi connectivity index (χ3v) is 5.72. The van der Waals surface area contributed by atoms with Crippen LogP contribution in [0.5, 0.6) is 0 Å². The van der Waals surface area contributed by atoms with E-state index in [1.165, 1.54) is 31.2 Å². The van der Waals surface area contributed by atoms with Gasteiger partial charge in [-0.05, 0) is 43.4 Å². The van der Waals surface area contributed by atoms with Crippen LogP contribution in [0.15, 0.2) is 24.3 Å². The van der Waals surface area contributed by atoms with E-state index in [4.69, 9.17) is 17.3 Å². The fourth-order valence-corrected chi connectivity index (χ4v) is 4.32. The number of likely N-dealkylation sites (N-methyl/N-ethyl adjacent to an activating group) is 1. The Balaban J connectivity index is 2.24. The van der Waals surface area contributed by atoms with E-state index < -0.39 is 0 Å². The summed E-state index contributed by atoms with van der Waals surface area (Å²) in [6, 6.07) is 8.14. The maximum atomic E-state index is 6.34. The number of hydrogen-bond donors (Lipinski definition) is 1. The molecule has 118 valence electrons. The van der Waals surface area contributed by atoms with Crippen molar-refractivity contribution in [2.75, 3.05) is 13.6 Å². The van der Waals surface area contributed by atoms with E-state index >= 15 is 0 Å². The Hall–Kier alpha value is -0.570. The average molecular weight is 309 g/mol. The summed E-state index contributed by atoms with van der Waals surface area (Å²) >= 11 is 6.34. The van der Waals surface area contributed by atoms with Crippen molar-refractivity contribution in [3.8, 4) is 0 Å². The van der Waals surface area contributed by atoms with Gasteiger partial charge in [0.05, 0.1) is 0 Å². The molecule has 1 aromatic carbocycles. The molecule has 3 heteroatoms. The largest absolute Gasteiger partial charge is 0.329 e. The molecule has 0 heterocycles. The predicted molar refractivity (Wildman–Crippen MR) is 91.5 cm³/mol. The minimum atomic E-state index is 0.117. The van der Waals surface area contributed by atoms with Crippen LogP contribution in [-0.4, -0.2) is 24.0 Å². The SMILES string of the molecule is CC(C)C1CCCCC1(CN)N(C)Cc1ccccc1Cl. The van der Waals surface area contributed by atoms with Gasteiger partial charge in [0.25, 0.3) is 0 Å². The van der Waals surface area contributed by atoms with Crippen LogP contribution in [0.1, 0.15) is 45.1 Å². The van der Waals surface area contributed by atoms with E-state index in [0.29, 0.717) is 11.8 Å². The third-order valence-electron chi connectivity index (χ3n) is 5.35. The lowest BCUT2D eigenvalue weighted by Crippen LogP contribution is -2.59. The standard InChI is InChI=1S/C18H29ClN2/c1-14(2)16-9-6-7-11-18(16,13-20)21(3)12-15-8-4-5-10-17(15)19/h4-5,8,10,14,16H,6-7,9,11-13,20H2,1-3H3. The molecule has 2 rings (SSSR count). The van der Waals surface area contributed by atoms with Gasteiger partial charge in [-0.15, -0.1) is 0 Å². The van der Waals surface area contributed by atoms with Crippen LogP contribution in [0.25, 0.3) is 0 Å². The Labute approximate surface area is 134 Å². The highest BCUT2D eigenvalue weighted by atomic mass is 35.5. The van der Waals surface area contributed by atoms with Crippen molar-refractivity contribution in [3.05, 3.63) is 34.9 Å². The molecule has 2 nitrogen and oxygen atoms in total. The van der Waals surface area contributed by atoms with Gasteiger partial charge in [-0.25, -0.2) is 0 Å². The van der Waals surface area contributed by atoms with Crippen LogP contribution in [0.4, 0.5) is 0 Å². The summed E-state index contributed by atoms with van der Waals surface area (Å²) in [5, 5.41) is 0.855. The first-order valence-corrected chi connectivity index (χ1v) is 8.54. The number of nitrogens with two attached hydrogens (primary N) is 1. The normalized spacial score (nSPS) is 26.5. The molecular formula is C18H29ClN2. The molecular weight excluding hydrogens is 280 g/mol. The average Bonchev–Trinajstić information content (AvgIpc) is 2.49. The summed E-state index contributed by atoms with van der Waals surface area (Å²) in [4.78, 5) is 2.47. The fraction of sp³-hybridized carbons (Fsp3) is 0.667. The van der Waals surface area contributed by atoms with Gasteiger partial charge in [-0.3, -0.25) is 4.90 Å². The van der Waals surface area contributed by atoms with E-state index in [2.05, 4.69) is 37.9 Å². The first-order chi connectivity index (χ1) is 10.0. The zero-order chi connectivity index (χ0) is 15.5. The minimum absolute atomic E-state index is 0.117. The summed E-state index contributed by atoms with van der Waals surface area (Å²) in [5.41, 5.74) is 7.60. The van der Waals surface area contributed by atoms with Crippen molar-refractivity contribution in [3.63, 3.8) is 0 Å². The van der Waals surface area contributed by atoms with Crippen LogP contribution in [0.2, 0.25) is 5.02 Å². The van der Waals surface area contributed by atoms with Crippen molar-refractivity contribution >= 4 is 11.6 Å². The van der Waals surface area contributed by atoms with Gasteiger partial charge >= 0.3 is 0 Å².